The van der Waals surface area contributed by atoms with Crippen LogP contribution in [0.1, 0.15) is 35.2 Å². The number of carbonyl (C=O) groups excluding carboxylic acids is 2. The van der Waals surface area contributed by atoms with Crippen molar-refractivity contribution in [3.8, 4) is 5.75 Å². The first-order valence-corrected chi connectivity index (χ1v) is 9.61. The van der Waals surface area contributed by atoms with Gasteiger partial charge in [0, 0.05) is 25.6 Å². The number of fused-ring (bicyclic) bond motifs is 1. The van der Waals surface area contributed by atoms with Gasteiger partial charge in [0.25, 0.3) is 0 Å². The Bertz CT molecular complexity index is 786. The van der Waals surface area contributed by atoms with Gasteiger partial charge in [-0.05, 0) is 36.8 Å². The van der Waals surface area contributed by atoms with Gasteiger partial charge in [0.1, 0.15) is 5.75 Å². The lowest BCUT2D eigenvalue weighted by atomic mass is 9.71. The van der Waals surface area contributed by atoms with E-state index >= 15 is 0 Å². The Kier molecular flexibility index (Phi) is 6.60. The first-order chi connectivity index (χ1) is 13.9. The zero-order valence-corrected chi connectivity index (χ0v) is 15.9. The molecule has 1 aromatic rings. The molecule has 1 saturated carbocycles. The van der Waals surface area contributed by atoms with E-state index in [1.165, 1.54) is 6.07 Å². The molecule has 1 fully saturated rings. The Labute approximate surface area is 168 Å². The molecule has 0 saturated heterocycles. The highest BCUT2D eigenvalue weighted by atomic mass is 16.5. The summed E-state index contributed by atoms with van der Waals surface area (Å²) in [5.74, 6) is -1.72. The smallest absolute Gasteiger partial charge is 0.534 e. The minimum Gasteiger partial charge on any atom is -0.534 e. The van der Waals surface area contributed by atoms with E-state index in [1.807, 2.05) is 0 Å². The molecule has 3 rings (SSSR count). The molecule has 1 heterocycles. The number of nitrogens with two attached hydrogens (primary N) is 1. The Hall–Kier alpha value is -2.79. The molecular weight excluding hydrogens is 379 g/mol. The van der Waals surface area contributed by atoms with Crippen LogP contribution in [-0.2, 0) is 11.2 Å². The molecule has 7 N–H and O–H groups in total. The molecule has 2 aliphatic rings. The largest absolute Gasteiger partial charge is 0.547 e. The first-order valence-electron chi connectivity index (χ1n) is 9.61. The predicted molar refractivity (Wildman–Crippen MR) is 104 cm³/mol. The Morgan fingerprint density at radius 1 is 1.24 bits per heavy atom. The number of amides is 3. The van der Waals surface area contributed by atoms with E-state index in [2.05, 4.69) is 16.0 Å². The lowest BCUT2D eigenvalue weighted by Gasteiger charge is -2.36. The van der Waals surface area contributed by atoms with Gasteiger partial charge in [0.15, 0.2) is 0 Å². The monoisotopic (exact) mass is 404 g/mol. The van der Waals surface area contributed by atoms with E-state index in [4.69, 9.17) is 10.4 Å². The fraction of sp³-hybridized carbons (Fsp3) is 0.500. The molecule has 0 bridgehead atoms. The number of carbonyl (C=O) groups is 3. The zero-order valence-electron chi connectivity index (χ0n) is 15.9. The molecule has 10 nitrogen and oxygen atoms in total. The van der Waals surface area contributed by atoms with Crippen LogP contribution in [0.4, 0.5) is 4.79 Å². The Morgan fingerprint density at radius 2 is 2.00 bits per heavy atom. The van der Waals surface area contributed by atoms with Crippen LogP contribution in [0.25, 0.3) is 0 Å². The summed E-state index contributed by atoms with van der Waals surface area (Å²) in [7, 11) is -1.33. The topological polar surface area (TPSA) is 163 Å². The second kappa shape index (κ2) is 9.14. The van der Waals surface area contributed by atoms with Crippen molar-refractivity contribution in [1.29, 1.82) is 0 Å². The van der Waals surface area contributed by atoms with Crippen molar-refractivity contribution in [2.45, 2.75) is 37.7 Å². The number of hydrogen-bond acceptors (Lipinski definition) is 6. The Morgan fingerprint density at radius 3 is 2.69 bits per heavy atom. The van der Waals surface area contributed by atoms with Crippen molar-refractivity contribution in [3.05, 3.63) is 29.3 Å². The van der Waals surface area contributed by atoms with Crippen LogP contribution in [0.2, 0.25) is 0 Å². The van der Waals surface area contributed by atoms with E-state index in [9.17, 15) is 24.5 Å². The van der Waals surface area contributed by atoms with Crippen LogP contribution in [0.5, 0.6) is 5.75 Å². The lowest BCUT2D eigenvalue weighted by Crippen LogP contribution is -2.54. The van der Waals surface area contributed by atoms with Gasteiger partial charge < -0.3 is 36.5 Å². The second-order valence-corrected chi connectivity index (χ2v) is 7.41. The van der Waals surface area contributed by atoms with Crippen molar-refractivity contribution in [2.24, 2.45) is 11.7 Å². The normalized spacial score (nSPS) is 22.6. The van der Waals surface area contributed by atoms with Crippen molar-refractivity contribution in [3.63, 3.8) is 0 Å². The first kappa shape index (κ1) is 20.9. The Balaban J connectivity index is 1.46. The van der Waals surface area contributed by atoms with Gasteiger partial charge in [-0.2, -0.15) is 0 Å². The number of para-hydroxylation sites is 1. The summed E-state index contributed by atoms with van der Waals surface area (Å²) in [6.07, 6.45) is 1.98. The number of aromatic carboxylic acids is 1. The van der Waals surface area contributed by atoms with Crippen molar-refractivity contribution < 1.29 is 29.2 Å². The second-order valence-electron chi connectivity index (χ2n) is 7.41. The van der Waals surface area contributed by atoms with E-state index < -0.39 is 19.0 Å². The highest BCUT2D eigenvalue weighted by Crippen LogP contribution is 2.32. The van der Waals surface area contributed by atoms with E-state index in [-0.39, 0.29) is 48.1 Å². The average Bonchev–Trinajstić information content (AvgIpc) is 2.64. The molecule has 1 aliphatic carbocycles. The summed E-state index contributed by atoms with van der Waals surface area (Å²) < 4.78 is 5.37. The summed E-state index contributed by atoms with van der Waals surface area (Å²) in [6.45, 7) is 0.785. The van der Waals surface area contributed by atoms with Gasteiger partial charge in [-0.1, -0.05) is 12.1 Å². The summed E-state index contributed by atoms with van der Waals surface area (Å²) >= 11 is 0. The number of hydrogen-bond donors (Lipinski definition) is 6. The van der Waals surface area contributed by atoms with E-state index in [1.54, 1.807) is 12.1 Å². The summed E-state index contributed by atoms with van der Waals surface area (Å²) in [4.78, 5) is 35.2. The molecule has 29 heavy (non-hydrogen) atoms. The molecule has 1 aliphatic heterocycles. The number of urea groups is 1. The van der Waals surface area contributed by atoms with Crippen molar-refractivity contribution >= 4 is 25.0 Å². The molecule has 0 spiro atoms. The molecule has 156 valence electrons. The van der Waals surface area contributed by atoms with Crippen LogP contribution in [-0.4, -0.2) is 60.2 Å². The molecular formula is C18H25BN4O6. The molecule has 1 aromatic carbocycles. The maximum atomic E-state index is 12.3. The highest BCUT2D eigenvalue weighted by molar-refractivity contribution is 6.47. The van der Waals surface area contributed by atoms with Gasteiger partial charge in [0.05, 0.1) is 11.5 Å². The molecule has 1 atom stereocenters. The van der Waals surface area contributed by atoms with Crippen LogP contribution >= 0.6 is 0 Å². The van der Waals surface area contributed by atoms with Crippen LogP contribution in [0.15, 0.2) is 18.2 Å². The quantitative estimate of drug-likeness (QED) is 0.326. The van der Waals surface area contributed by atoms with Gasteiger partial charge in [0.2, 0.25) is 5.91 Å². The van der Waals surface area contributed by atoms with Gasteiger partial charge >= 0.3 is 19.1 Å². The molecule has 1 unspecified atom stereocenters. The minimum absolute atomic E-state index is 0.0187. The third kappa shape index (κ3) is 5.18. The maximum absolute atomic E-state index is 12.3. The number of carboxylic acids is 1. The standard InChI is InChI=1S/C18H25BN4O6/c20-4-5-21-18(27)22-12-6-10(7-12)8-15(24)23-14-9-11-2-1-3-13(17(25)26)16(11)29-19(14)28/h1-3,10,12,14,28H,4-9,20H2,(H,23,24)(H,25,26)(H2,21,22,27). The lowest BCUT2D eigenvalue weighted by molar-refractivity contribution is -0.123. The summed E-state index contributed by atoms with van der Waals surface area (Å²) in [6, 6.07) is 4.50. The number of nitrogens with one attached hydrogen (secondary N) is 3. The van der Waals surface area contributed by atoms with E-state index in [0.29, 0.717) is 31.5 Å². The maximum Gasteiger partial charge on any atom is 0.547 e. The van der Waals surface area contributed by atoms with Crippen molar-refractivity contribution in [2.75, 3.05) is 13.1 Å². The van der Waals surface area contributed by atoms with Crippen LogP contribution in [0.3, 0.4) is 0 Å². The summed E-state index contributed by atoms with van der Waals surface area (Å²) in [5, 5.41) is 27.6. The third-order valence-electron chi connectivity index (χ3n) is 5.17. The molecule has 3 amide bonds. The van der Waals surface area contributed by atoms with Crippen LogP contribution < -0.4 is 26.3 Å². The predicted octanol–water partition coefficient (Wildman–Crippen LogP) is -0.749. The SMILES string of the molecule is NCCNC(=O)NC1CC(CC(=O)NC2Cc3cccc(C(=O)O)c3OB2O)C1. The third-order valence-corrected chi connectivity index (χ3v) is 5.17. The summed E-state index contributed by atoms with van der Waals surface area (Å²) in [5.41, 5.74) is 5.93. The van der Waals surface area contributed by atoms with Gasteiger partial charge in [-0.25, -0.2) is 9.59 Å². The molecule has 0 radical (unpaired) electrons. The van der Waals surface area contributed by atoms with Gasteiger partial charge in [-0.3, -0.25) is 4.79 Å². The number of carboxylic acid groups (broad SMARTS) is 1. The molecule has 11 heteroatoms. The van der Waals surface area contributed by atoms with Gasteiger partial charge in [-0.15, -0.1) is 0 Å². The molecule has 0 aromatic heterocycles. The van der Waals surface area contributed by atoms with Crippen LogP contribution in [0, 0.1) is 5.92 Å². The number of benzene rings is 1. The number of rotatable bonds is 7. The fourth-order valence-electron chi connectivity index (χ4n) is 3.69. The minimum atomic E-state index is -1.33. The fourth-order valence-corrected chi connectivity index (χ4v) is 3.69. The highest BCUT2D eigenvalue weighted by Gasteiger charge is 2.39. The average molecular weight is 404 g/mol. The van der Waals surface area contributed by atoms with E-state index in [0.717, 1.165) is 0 Å². The van der Waals surface area contributed by atoms with Crippen molar-refractivity contribution in [1.82, 2.24) is 16.0 Å². The zero-order chi connectivity index (χ0) is 21.0.